The lowest BCUT2D eigenvalue weighted by atomic mass is 10.1. The molecule has 0 fully saturated rings. The standard InChI is InChI=1S/C13H10FN3O2S/c14-11-2-1-9(6-15)10(5-11)8-20(18,19)13-3-4-17-7-12(13)16/h1-5,7H,8,16H2. The van der Waals surface area contributed by atoms with Crippen LogP contribution in [0.15, 0.2) is 41.6 Å². The fourth-order valence-electron chi connectivity index (χ4n) is 1.75. The van der Waals surface area contributed by atoms with Crippen LogP contribution in [0.1, 0.15) is 11.1 Å². The molecule has 0 saturated heterocycles. The molecule has 0 amide bonds. The third-order valence-electron chi connectivity index (χ3n) is 2.68. The number of hydrogen-bond acceptors (Lipinski definition) is 5. The third kappa shape index (κ3) is 2.75. The molecular weight excluding hydrogens is 281 g/mol. The maximum Gasteiger partial charge on any atom is 0.184 e. The highest BCUT2D eigenvalue weighted by Gasteiger charge is 2.20. The average Bonchev–Trinajstić information content (AvgIpc) is 2.39. The van der Waals surface area contributed by atoms with Gasteiger partial charge in [0.25, 0.3) is 0 Å². The molecule has 0 atom stereocenters. The zero-order valence-electron chi connectivity index (χ0n) is 10.2. The number of halogens is 1. The monoisotopic (exact) mass is 291 g/mol. The van der Waals surface area contributed by atoms with Crippen molar-refractivity contribution < 1.29 is 12.8 Å². The minimum Gasteiger partial charge on any atom is -0.396 e. The summed E-state index contributed by atoms with van der Waals surface area (Å²) in [6.45, 7) is 0. The van der Waals surface area contributed by atoms with E-state index in [1.807, 2.05) is 6.07 Å². The largest absolute Gasteiger partial charge is 0.396 e. The van der Waals surface area contributed by atoms with Gasteiger partial charge in [0.1, 0.15) is 5.82 Å². The van der Waals surface area contributed by atoms with Crippen LogP contribution in [-0.2, 0) is 15.6 Å². The van der Waals surface area contributed by atoms with Gasteiger partial charge < -0.3 is 5.73 Å². The van der Waals surface area contributed by atoms with Gasteiger partial charge >= 0.3 is 0 Å². The Kier molecular flexibility index (Phi) is 3.68. The number of sulfone groups is 1. The highest BCUT2D eigenvalue weighted by atomic mass is 32.2. The number of nitriles is 1. The molecule has 1 heterocycles. The molecule has 0 unspecified atom stereocenters. The van der Waals surface area contributed by atoms with E-state index in [1.165, 1.54) is 24.5 Å². The topological polar surface area (TPSA) is 96.8 Å². The van der Waals surface area contributed by atoms with Gasteiger partial charge in [0, 0.05) is 6.20 Å². The molecule has 0 aliphatic heterocycles. The molecule has 0 aliphatic carbocycles. The third-order valence-corrected chi connectivity index (χ3v) is 4.41. The molecule has 102 valence electrons. The summed E-state index contributed by atoms with van der Waals surface area (Å²) in [5.41, 5.74) is 5.81. The Labute approximate surface area is 115 Å². The van der Waals surface area contributed by atoms with Crippen molar-refractivity contribution in [2.75, 3.05) is 5.73 Å². The molecule has 1 aromatic carbocycles. The van der Waals surface area contributed by atoms with E-state index in [2.05, 4.69) is 4.98 Å². The molecule has 0 saturated carbocycles. The summed E-state index contributed by atoms with van der Waals surface area (Å²) in [6.07, 6.45) is 2.53. The molecule has 20 heavy (non-hydrogen) atoms. The first-order chi connectivity index (χ1) is 9.44. The van der Waals surface area contributed by atoms with Crippen molar-refractivity contribution in [3.63, 3.8) is 0 Å². The van der Waals surface area contributed by atoms with E-state index in [9.17, 15) is 12.8 Å². The number of nitrogen functional groups attached to an aromatic ring is 1. The molecule has 2 aromatic rings. The van der Waals surface area contributed by atoms with Crippen molar-refractivity contribution in [3.05, 3.63) is 53.6 Å². The van der Waals surface area contributed by atoms with E-state index in [-0.39, 0.29) is 21.7 Å². The second-order valence-corrected chi connectivity index (χ2v) is 6.04. The Morgan fingerprint density at radius 2 is 2.10 bits per heavy atom. The van der Waals surface area contributed by atoms with Crippen molar-refractivity contribution >= 4 is 15.5 Å². The highest BCUT2D eigenvalue weighted by Crippen LogP contribution is 2.23. The molecule has 0 spiro atoms. The summed E-state index contributed by atoms with van der Waals surface area (Å²) in [6, 6.07) is 6.50. The number of nitrogens with two attached hydrogens (primary N) is 1. The van der Waals surface area contributed by atoms with Crippen LogP contribution in [0.2, 0.25) is 0 Å². The number of nitrogens with zero attached hydrogens (tertiary/aromatic N) is 2. The Bertz CT molecular complexity index is 798. The van der Waals surface area contributed by atoms with Crippen LogP contribution in [0, 0.1) is 17.1 Å². The van der Waals surface area contributed by atoms with E-state index in [4.69, 9.17) is 11.0 Å². The van der Waals surface area contributed by atoms with Gasteiger partial charge in [-0.1, -0.05) is 0 Å². The van der Waals surface area contributed by atoms with Gasteiger partial charge in [-0.05, 0) is 29.8 Å². The molecule has 2 rings (SSSR count). The second-order valence-electron chi connectivity index (χ2n) is 4.09. The Balaban J connectivity index is 2.47. The molecule has 1 aromatic heterocycles. The van der Waals surface area contributed by atoms with E-state index in [1.54, 1.807) is 0 Å². The summed E-state index contributed by atoms with van der Waals surface area (Å²) in [5, 5.41) is 8.93. The lowest BCUT2D eigenvalue weighted by Crippen LogP contribution is -2.09. The van der Waals surface area contributed by atoms with Gasteiger partial charge in [0.05, 0.1) is 34.2 Å². The molecule has 2 N–H and O–H groups in total. The number of rotatable bonds is 3. The second kappa shape index (κ2) is 5.27. The Hall–Kier alpha value is -2.46. The summed E-state index contributed by atoms with van der Waals surface area (Å²) in [4.78, 5) is 3.63. The number of aromatic nitrogens is 1. The maximum absolute atomic E-state index is 13.2. The fraction of sp³-hybridized carbons (Fsp3) is 0.0769. The molecule has 0 bridgehead atoms. The van der Waals surface area contributed by atoms with Gasteiger partial charge in [0.2, 0.25) is 0 Å². The van der Waals surface area contributed by atoms with Crippen molar-refractivity contribution in [2.45, 2.75) is 10.6 Å². The summed E-state index contributed by atoms with van der Waals surface area (Å²) in [5.74, 6) is -1.10. The van der Waals surface area contributed by atoms with Gasteiger partial charge in [0.15, 0.2) is 9.84 Å². The van der Waals surface area contributed by atoms with Crippen LogP contribution < -0.4 is 5.73 Å². The van der Waals surface area contributed by atoms with Crippen LogP contribution in [0.5, 0.6) is 0 Å². The summed E-state index contributed by atoms with van der Waals surface area (Å²) >= 11 is 0. The predicted octanol–water partition coefficient (Wildman–Crippen LogP) is 1.65. The van der Waals surface area contributed by atoms with Crippen molar-refractivity contribution in [2.24, 2.45) is 0 Å². The predicted molar refractivity (Wildman–Crippen MR) is 70.7 cm³/mol. The average molecular weight is 291 g/mol. The summed E-state index contributed by atoms with van der Waals surface area (Å²) in [7, 11) is -3.78. The van der Waals surface area contributed by atoms with Crippen LogP contribution in [0.3, 0.4) is 0 Å². The van der Waals surface area contributed by atoms with Crippen molar-refractivity contribution in [1.29, 1.82) is 5.26 Å². The van der Waals surface area contributed by atoms with Crippen LogP contribution in [-0.4, -0.2) is 13.4 Å². The van der Waals surface area contributed by atoms with Crippen molar-refractivity contribution in [1.82, 2.24) is 4.98 Å². The first-order valence-corrected chi connectivity index (χ1v) is 7.20. The first-order valence-electron chi connectivity index (χ1n) is 5.55. The molecule has 0 radical (unpaired) electrons. The highest BCUT2D eigenvalue weighted by molar-refractivity contribution is 7.90. The quantitative estimate of drug-likeness (QED) is 0.927. The van der Waals surface area contributed by atoms with Crippen molar-refractivity contribution in [3.8, 4) is 6.07 Å². The first kappa shape index (κ1) is 14.0. The minimum atomic E-state index is -3.78. The molecule has 7 heteroatoms. The normalized spacial score (nSPS) is 11.0. The Morgan fingerprint density at radius 1 is 1.35 bits per heavy atom. The van der Waals surface area contributed by atoms with E-state index in [0.29, 0.717) is 0 Å². The number of anilines is 1. The minimum absolute atomic E-state index is 0.0161. The van der Waals surface area contributed by atoms with Gasteiger partial charge in [-0.15, -0.1) is 0 Å². The molecule has 5 nitrogen and oxygen atoms in total. The van der Waals surface area contributed by atoms with E-state index < -0.39 is 21.4 Å². The zero-order chi connectivity index (χ0) is 14.8. The lowest BCUT2D eigenvalue weighted by molar-refractivity contribution is 0.595. The molecule has 0 aliphatic rings. The van der Waals surface area contributed by atoms with Gasteiger partial charge in [-0.3, -0.25) is 4.98 Å². The van der Waals surface area contributed by atoms with Crippen LogP contribution >= 0.6 is 0 Å². The smallest absolute Gasteiger partial charge is 0.184 e. The number of benzene rings is 1. The van der Waals surface area contributed by atoms with E-state index >= 15 is 0 Å². The van der Waals surface area contributed by atoms with E-state index in [0.717, 1.165) is 12.1 Å². The number of hydrogen-bond donors (Lipinski definition) is 1. The van der Waals surface area contributed by atoms with Crippen LogP contribution in [0.4, 0.5) is 10.1 Å². The zero-order valence-corrected chi connectivity index (χ0v) is 11.1. The maximum atomic E-state index is 13.2. The SMILES string of the molecule is N#Cc1ccc(F)cc1CS(=O)(=O)c1ccncc1N. The molecular formula is C13H10FN3O2S. The van der Waals surface area contributed by atoms with Gasteiger partial charge in [-0.25, -0.2) is 12.8 Å². The summed E-state index contributed by atoms with van der Waals surface area (Å²) < 4.78 is 37.7. The number of pyridine rings is 1. The van der Waals surface area contributed by atoms with Crippen LogP contribution in [0.25, 0.3) is 0 Å². The Morgan fingerprint density at radius 3 is 2.75 bits per heavy atom. The van der Waals surface area contributed by atoms with Gasteiger partial charge in [-0.2, -0.15) is 5.26 Å². The fourth-order valence-corrected chi connectivity index (χ4v) is 3.23. The lowest BCUT2D eigenvalue weighted by Gasteiger charge is -2.08.